The maximum Gasteiger partial charge on any atom is 0.182 e. The first-order valence-corrected chi connectivity index (χ1v) is 5.34. The van der Waals surface area contributed by atoms with E-state index in [4.69, 9.17) is 0 Å². The van der Waals surface area contributed by atoms with Crippen LogP contribution in [0.1, 0.15) is 38.8 Å². The Kier molecular flexibility index (Phi) is 3.51. The molecule has 0 spiro atoms. The maximum absolute atomic E-state index is 11.6. The number of hydrogen-bond acceptors (Lipinski definition) is 1. The molecule has 0 amide bonds. The van der Waals surface area contributed by atoms with Crippen molar-refractivity contribution in [2.45, 2.75) is 39.7 Å². The van der Waals surface area contributed by atoms with Crippen molar-refractivity contribution >= 4 is 6.21 Å². The first-order chi connectivity index (χ1) is 6.93. The second kappa shape index (κ2) is 4.47. The molecule has 0 saturated heterocycles. The fourth-order valence-electron chi connectivity index (χ4n) is 1.17. The minimum Gasteiger partial charge on any atom is -0.623 e. The minimum absolute atomic E-state index is 0.372. The predicted molar refractivity (Wildman–Crippen MR) is 64.4 cm³/mol. The third-order valence-electron chi connectivity index (χ3n) is 2.32. The lowest BCUT2D eigenvalue weighted by atomic mass is 10.1. The second-order valence-corrected chi connectivity index (χ2v) is 4.72. The third-order valence-corrected chi connectivity index (χ3v) is 2.32. The lowest BCUT2D eigenvalue weighted by Gasteiger charge is -2.18. The first kappa shape index (κ1) is 11.8. The predicted octanol–water partition coefficient (Wildman–Crippen LogP) is 2.98. The highest BCUT2D eigenvalue weighted by Gasteiger charge is 2.17. The van der Waals surface area contributed by atoms with Gasteiger partial charge < -0.3 is 5.21 Å². The summed E-state index contributed by atoms with van der Waals surface area (Å²) in [5, 5.41) is 11.6. The van der Waals surface area contributed by atoms with Gasteiger partial charge >= 0.3 is 0 Å². The molecule has 0 bridgehead atoms. The molecule has 0 aromatic heterocycles. The Hall–Kier alpha value is -1.31. The Balaban J connectivity index is 2.89. The Morgan fingerprint density at radius 2 is 1.73 bits per heavy atom. The van der Waals surface area contributed by atoms with E-state index in [1.165, 1.54) is 5.56 Å². The lowest BCUT2D eigenvalue weighted by Crippen LogP contribution is -2.29. The average molecular weight is 205 g/mol. The Labute approximate surface area is 91.8 Å². The van der Waals surface area contributed by atoms with E-state index in [1.54, 1.807) is 6.21 Å². The van der Waals surface area contributed by atoms with Crippen LogP contribution in [0.15, 0.2) is 24.3 Å². The molecule has 0 heterocycles. The summed E-state index contributed by atoms with van der Waals surface area (Å²) in [6, 6.07) is 8.08. The number of hydrogen-bond donors (Lipinski definition) is 0. The van der Waals surface area contributed by atoms with Crippen molar-refractivity contribution < 1.29 is 4.74 Å². The van der Waals surface area contributed by atoms with Gasteiger partial charge in [0.15, 0.2) is 11.8 Å². The van der Waals surface area contributed by atoms with Gasteiger partial charge in [0.25, 0.3) is 0 Å². The van der Waals surface area contributed by atoms with E-state index in [0.717, 1.165) is 16.7 Å². The fourth-order valence-corrected chi connectivity index (χ4v) is 1.17. The average Bonchev–Trinajstić information content (AvgIpc) is 2.17. The number of aryl methyl sites for hydroxylation is 1. The van der Waals surface area contributed by atoms with E-state index in [-0.39, 0.29) is 5.54 Å². The van der Waals surface area contributed by atoms with Crippen LogP contribution in [0, 0.1) is 5.21 Å². The van der Waals surface area contributed by atoms with E-state index < -0.39 is 0 Å². The molecule has 0 radical (unpaired) electrons. The highest BCUT2D eigenvalue weighted by molar-refractivity contribution is 5.75. The molecule has 0 aliphatic carbocycles. The van der Waals surface area contributed by atoms with Crippen molar-refractivity contribution in [1.29, 1.82) is 0 Å². The maximum atomic E-state index is 11.6. The van der Waals surface area contributed by atoms with Gasteiger partial charge in [-0.1, -0.05) is 19.1 Å². The van der Waals surface area contributed by atoms with Crippen molar-refractivity contribution in [3.8, 4) is 0 Å². The smallest absolute Gasteiger partial charge is 0.182 e. The van der Waals surface area contributed by atoms with Crippen LogP contribution in [0.5, 0.6) is 0 Å². The summed E-state index contributed by atoms with van der Waals surface area (Å²) >= 11 is 0. The van der Waals surface area contributed by atoms with Crippen molar-refractivity contribution in [2.75, 3.05) is 0 Å². The van der Waals surface area contributed by atoms with Crippen molar-refractivity contribution in [3.63, 3.8) is 0 Å². The standard InChI is InChI=1S/C13H19NO/c1-5-11-6-8-12(9-7-11)10-14(15)13(2,3)4/h6-10H,5H2,1-4H3. The van der Waals surface area contributed by atoms with Crippen LogP contribution in [0.25, 0.3) is 0 Å². The van der Waals surface area contributed by atoms with Gasteiger partial charge in [0.1, 0.15) is 0 Å². The molecule has 0 aliphatic rings. The Bertz CT molecular complexity index is 344. The van der Waals surface area contributed by atoms with Gasteiger partial charge in [-0.25, -0.2) is 4.74 Å². The lowest BCUT2D eigenvalue weighted by molar-refractivity contribution is -0.530. The molecule has 0 N–H and O–H groups in total. The summed E-state index contributed by atoms with van der Waals surface area (Å²) in [6.07, 6.45) is 2.67. The Morgan fingerprint density at radius 1 is 1.20 bits per heavy atom. The molecule has 0 unspecified atom stereocenters. The highest BCUT2D eigenvalue weighted by atomic mass is 16.5. The molecular weight excluding hydrogens is 186 g/mol. The van der Waals surface area contributed by atoms with Gasteiger partial charge in [0.2, 0.25) is 0 Å². The van der Waals surface area contributed by atoms with Crippen LogP contribution in [-0.2, 0) is 6.42 Å². The summed E-state index contributed by atoms with van der Waals surface area (Å²) in [5.41, 5.74) is 1.88. The summed E-state index contributed by atoms with van der Waals surface area (Å²) in [5.74, 6) is 0. The van der Waals surface area contributed by atoms with E-state index in [2.05, 4.69) is 19.1 Å². The molecule has 0 aliphatic heterocycles. The number of rotatable bonds is 2. The van der Waals surface area contributed by atoms with Gasteiger partial charge in [-0.15, -0.1) is 0 Å². The molecule has 82 valence electrons. The second-order valence-electron chi connectivity index (χ2n) is 4.72. The molecule has 2 heteroatoms. The SMILES string of the molecule is CCc1ccc(C=[N+]([O-])C(C)(C)C)cc1. The van der Waals surface area contributed by atoms with Gasteiger partial charge in [0.05, 0.1) is 0 Å². The molecule has 2 nitrogen and oxygen atoms in total. The van der Waals surface area contributed by atoms with Gasteiger partial charge in [-0.3, -0.25) is 0 Å². The first-order valence-electron chi connectivity index (χ1n) is 5.34. The number of hydroxylamine groups is 1. The summed E-state index contributed by atoms with van der Waals surface area (Å²) in [4.78, 5) is 0. The zero-order chi connectivity index (χ0) is 11.5. The molecule has 15 heavy (non-hydrogen) atoms. The van der Waals surface area contributed by atoms with Crippen LogP contribution in [0.2, 0.25) is 0 Å². The zero-order valence-electron chi connectivity index (χ0n) is 9.95. The fraction of sp³-hybridized carbons (Fsp3) is 0.462. The highest BCUT2D eigenvalue weighted by Crippen LogP contribution is 2.07. The molecule has 0 fully saturated rings. The minimum atomic E-state index is -0.372. The Morgan fingerprint density at radius 3 is 2.13 bits per heavy atom. The molecule has 0 atom stereocenters. The van der Waals surface area contributed by atoms with Crippen LogP contribution >= 0.6 is 0 Å². The largest absolute Gasteiger partial charge is 0.623 e. The monoisotopic (exact) mass is 205 g/mol. The van der Waals surface area contributed by atoms with Crippen LogP contribution < -0.4 is 0 Å². The number of benzene rings is 1. The summed E-state index contributed by atoms with van der Waals surface area (Å²) < 4.78 is 0.994. The number of nitrogens with zero attached hydrogens (tertiary/aromatic N) is 1. The van der Waals surface area contributed by atoms with Gasteiger partial charge in [-0.2, -0.15) is 0 Å². The molecule has 1 aromatic carbocycles. The van der Waals surface area contributed by atoms with Gasteiger partial charge in [0, 0.05) is 26.3 Å². The van der Waals surface area contributed by atoms with E-state index in [1.807, 2.05) is 32.9 Å². The molecule has 0 saturated carbocycles. The van der Waals surface area contributed by atoms with Crippen LogP contribution in [0.3, 0.4) is 0 Å². The van der Waals surface area contributed by atoms with E-state index in [0.29, 0.717) is 0 Å². The quantitative estimate of drug-likeness (QED) is 0.315. The third kappa shape index (κ3) is 3.39. The van der Waals surface area contributed by atoms with Crippen LogP contribution in [-0.4, -0.2) is 16.5 Å². The van der Waals surface area contributed by atoms with Gasteiger partial charge in [-0.05, 0) is 24.1 Å². The topological polar surface area (TPSA) is 26.1 Å². The van der Waals surface area contributed by atoms with E-state index >= 15 is 0 Å². The molecule has 1 aromatic rings. The molecular formula is C13H19NO. The van der Waals surface area contributed by atoms with Crippen molar-refractivity contribution in [2.24, 2.45) is 0 Å². The van der Waals surface area contributed by atoms with Crippen molar-refractivity contribution in [3.05, 3.63) is 40.6 Å². The summed E-state index contributed by atoms with van der Waals surface area (Å²) in [7, 11) is 0. The zero-order valence-corrected chi connectivity index (χ0v) is 9.95. The normalized spacial score (nSPS) is 12.9. The van der Waals surface area contributed by atoms with Crippen molar-refractivity contribution in [1.82, 2.24) is 0 Å². The van der Waals surface area contributed by atoms with E-state index in [9.17, 15) is 5.21 Å². The molecule has 1 rings (SSSR count). The van der Waals surface area contributed by atoms with Crippen LogP contribution in [0.4, 0.5) is 0 Å². The summed E-state index contributed by atoms with van der Waals surface area (Å²) in [6.45, 7) is 7.82.